The fourth-order valence-electron chi connectivity index (χ4n) is 3.92. The Morgan fingerprint density at radius 2 is 2.14 bits per heavy atom. The van der Waals surface area contributed by atoms with Crippen molar-refractivity contribution in [2.75, 3.05) is 19.6 Å². The van der Waals surface area contributed by atoms with E-state index in [2.05, 4.69) is 24.1 Å². The van der Waals surface area contributed by atoms with Crippen molar-refractivity contribution in [3.8, 4) is 0 Å². The molecule has 1 atom stereocenters. The number of piperidine rings is 1. The van der Waals surface area contributed by atoms with Crippen LogP contribution in [0.3, 0.4) is 0 Å². The molecule has 1 fully saturated rings. The first-order chi connectivity index (χ1) is 13.5. The molecule has 2 aromatic rings. The Labute approximate surface area is 163 Å². The largest absolute Gasteiger partial charge is 0.459 e. The van der Waals surface area contributed by atoms with Crippen molar-refractivity contribution in [1.82, 2.24) is 19.8 Å². The van der Waals surface area contributed by atoms with Crippen LogP contribution >= 0.6 is 0 Å². The third kappa shape index (κ3) is 3.44. The molecule has 0 saturated carbocycles. The fraction of sp³-hybridized carbons (Fsp3) is 0.550. The van der Waals surface area contributed by atoms with E-state index in [1.54, 1.807) is 23.2 Å². The van der Waals surface area contributed by atoms with Crippen molar-refractivity contribution >= 4 is 11.8 Å². The molecule has 0 bridgehead atoms. The smallest absolute Gasteiger partial charge is 0.289 e. The fourth-order valence-corrected chi connectivity index (χ4v) is 3.92. The summed E-state index contributed by atoms with van der Waals surface area (Å²) in [6, 6.07) is 3.38. The van der Waals surface area contributed by atoms with E-state index in [-0.39, 0.29) is 11.8 Å². The van der Waals surface area contributed by atoms with Gasteiger partial charge in [-0.15, -0.1) is 0 Å². The van der Waals surface area contributed by atoms with Crippen LogP contribution in [-0.4, -0.2) is 52.0 Å². The third-order valence-electron chi connectivity index (χ3n) is 5.42. The van der Waals surface area contributed by atoms with Gasteiger partial charge >= 0.3 is 0 Å². The van der Waals surface area contributed by atoms with Gasteiger partial charge in [0.25, 0.3) is 11.8 Å². The molecule has 0 aromatic carbocycles. The Morgan fingerprint density at radius 3 is 2.82 bits per heavy atom. The summed E-state index contributed by atoms with van der Waals surface area (Å²) >= 11 is 0. The zero-order valence-corrected chi connectivity index (χ0v) is 16.3. The number of nitrogens with one attached hydrogen (secondary N) is 1. The molecule has 1 spiro atoms. The lowest BCUT2D eigenvalue weighted by atomic mass is 9.88. The molecule has 4 heterocycles. The molecule has 1 saturated heterocycles. The van der Waals surface area contributed by atoms with Crippen LogP contribution in [0.25, 0.3) is 0 Å². The van der Waals surface area contributed by atoms with E-state index in [0.29, 0.717) is 50.7 Å². The van der Waals surface area contributed by atoms with Crippen LogP contribution in [0.15, 0.2) is 35.2 Å². The first-order valence-corrected chi connectivity index (χ1v) is 9.78. The Morgan fingerprint density at radius 1 is 1.36 bits per heavy atom. The Kier molecular flexibility index (Phi) is 4.97. The van der Waals surface area contributed by atoms with E-state index < -0.39 is 11.7 Å². The van der Waals surface area contributed by atoms with E-state index in [4.69, 9.17) is 9.15 Å². The predicted molar refractivity (Wildman–Crippen MR) is 100 cm³/mol. The quantitative estimate of drug-likeness (QED) is 0.865. The number of amides is 2. The number of carbonyl (C=O) groups excluding carboxylic acids is 2. The average molecular weight is 386 g/mol. The normalized spacial score (nSPS) is 21.0. The average Bonchev–Trinajstić information content (AvgIpc) is 3.38. The molecule has 0 aliphatic carbocycles. The van der Waals surface area contributed by atoms with Crippen molar-refractivity contribution in [2.45, 2.75) is 44.9 Å². The van der Waals surface area contributed by atoms with Crippen molar-refractivity contribution in [2.24, 2.45) is 5.92 Å². The van der Waals surface area contributed by atoms with Gasteiger partial charge in [0.15, 0.2) is 11.9 Å². The second-order valence-corrected chi connectivity index (χ2v) is 7.91. The number of ether oxygens (including phenoxy) is 1. The van der Waals surface area contributed by atoms with Crippen LogP contribution in [0.1, 0.15) is 43.1 Å². The number of rotatable bonds is 4. The number of hydrogen-bond acceptors (Lipinski definition) is 5. The van der Waals surface area contributed by atoms with Crippen molar-refractivity contribution in [1.29, 1.82) is 0 Å². The zero-order valence-electron chi connectivity index (χ0n) is 16.3. The summed E-state index contributed by atoms with van der Waals surface area (Å²) in [7, 11) is 0. The van der Waals surface area contributed by atoms with E-state index in [9.17, 15) is 9.59 Å². The minimum Gasteiger partial charge on any atom is -0.459 e. The van der Waals surface area contributed by atoms with E-state index in [1.165, 1.54) is 6.26 Å². The molecule has 4 rings (SSSR count). The molecule has 8 heteroatoms. The number of carbonyl (C=O) groups is 2. The second kappa shape index (κ2) is 7.43. The second-order valence-electron chi connectivity index (χ2n) is 7.91. The molecule has 150 valence electrons. The Hall–Kier alpha value is -2.61. The van der Waals surface area contributed by atoms with Gasteiger partial charge in [-0.3, -0.25) is 9.59 Å². The number of nitrogens with zero attached hydrogens (tertiary/aromatic N) is 3. The van der Waals surface area contributed by atoms with Gasteiger partial charge in [-0.25, -0.2) is 4.98 Å². The van der Waals surface area contributed by atoms with Crippen LogP contribution in [0.4, 0.5) is 0 Å². The highest BCUT2D eigenvalue weighted by Gasteiger charge is 2.47. The van der Waals surface area contributed by atoms with E-state index in [0.717, 1.165) is 5.82 Å². The van der Waals surface area contributed by atoms with E-state index >= 15 is 0 Å². The number of aromatic nitrogens is 2. The van der Waals surface area contributed by atoms with E-state index in [1.807, 2.05) is 10.8 Å². The van der Waals surface area contributed by atoms with Crippen LogP contribution in [-0.2, 0) is 21.7 Å². The maximum atomic E-state index is 12.6. The summed E-state index contributed by atoms with van der Waals surface area (Å²) in [5.41, 5.74) is -0.651. The Balaban J connectivity index is 1.49. The molecule has 1 N–H and O–H groups in total. The number of hydrogen-bond donors (Lipinski definition) is 1. The molecule has 28 heavy (non-hydrogen) atoms. The summed E-state index contributed by atoms with van der Waals surface area (Å²) in [5, 5.41) is 2.97. The van der Waals surface area contributed by atoms with Crippen LogP contribution in [0, 0.1) is 5.92 Å². The molecule has 2 aliphatic rings. The summed E-state index contributed by atoms with van der Waals surface area (Å²) in [5.74, 6) is 1.34. The summed E-state index contributed by atoms with van der Waals surface area (Å²) < 4.78 is 13.6. The number of fused-ring (bicyclic) bond motifs is 2. The maximum absolute atomic E-state index is 12.6. The van der Waals surface area contributed by atoms with Gasteiger partial charge in [0.2, 0.25) is 0 Å². The summed E-state index contributed by atoms with van der Waals surface area (Å²) in [6.45, 7) is 6.23. The number of likely N-dealkylation sites (tertiary alicyclic amines) is 1. The monoisotopic (exact) mass is 386 g/mol. The van der Waals surface area contributed by atoms with Crippen molar-refractivity contribution in [3.05, 3.63) is 42.4 Å². The standard InChI is InChI=1S/C20H26N4O4/c1-14(2)12-22-17(25)16-13-24-10-7-21-19(24)20(28-16)5-8-23(9-6-20)18(26)15-4-3-11-27-15/h3-4,7,10-11,14,16H,5-6,8-9,12-13H2,1-2H3,(H,22,25)/t16-/m1/s1. The van der Waals surface area contributed by atoms with Crippen LogP contribution < -0.4 is 5.32 Å². The molecule has 2 aliphatic heterocycles. The SMILES string of the molecule is CC(C)CNC(=O)[C@H]1Cn2ccnc2C2(CCN(C(=O)c3ccco3)CC2)O1. The van der Waals surface area contributed by atoms with Crippen molar-refractivity contribution in [3.63, 3.8) is 0 Å². The van der Waals surface area contributed by atoms with Gasteiger partial charge in [-0.05, 0) is 18.1 Å². The van der Waals surface area contributed by atoms with Gasteiger partial charge in [0.1, 0.15) is 11.4 Å². The molecule has 2 aromatic heterocycles. The van der Waals surface area contributed by atoms with Crippen LogP contribution in [0.2, 0.25) is 0 Å². The zero-order chi connectivity index (χ0) is 19.7. The van der Waals surface area contributed by atoms with Crippen LogP contribution in [0.5, 0.6) is 0 Å². The van der Waals surface area contributed by atoms with Gasteiger partial charge in [0.05, 0.1) is 12.8 Å². The molecule has 0 radical (unpaired) electrons. The highest BCUT2D eigenvalue weighted by molar-refractivity contribution is 5.91. The molecule has 8 nitrogen and oxygen atoms in total. The van der Waals surface area contributed by atoms with Gasteiger partial charge in [-0.1, -0.05) is 13.8 Å². The lowest BCUT2D eigenvalue weighted by molar-refractivity contribution is -0.172. The number of furan rings is 1. The molecule has 2 amide bonds. The molecular weight excluding hydrogens is 360 g/mol. The van der Waals surface area contributed by atoms with Gasteiger partial charge in [0, 0.05) is 44.9 Å². The van der Waals surface area contributed by atoms with Gasteiger partial charge < -0.3 is 23.9 Å². The Bertz CT molecular complexity index is 834. The minimum atomic E-state index is -0.651. The van der Waals surface area contributed by atoms with Gasteiger partial charge in [-0.2, -0.15) is 0 Å². The summed E-state index contributed by atoms with van der Waals surface area (Å²) in [4.78, 5) is 31.5. The topological polar surface area (TPSA) is 89.6 Å². The first kappa shape index (κ1) is 18.7. The maximum Gasteiger partial charge on any atom is 0.289 e. The third-order valence-corrected chi connectivity index (χ3v) is 5.42. The van der Waals surface area contributed by atoms with Crippen molar-refractivity contribution < 1.29 is 18.7 Å². The highest BCUT2D eigenvalue weighted by atomic mass is 16.5. The summed E-state index contributed by atoms with van der Waals surface area (Å²) in [6.07, 6.45) is 5.75. The highest BCUT2D eigenvalue weighted by Crippen LogP contribution is 2.40. The number of imidazole rings is 1. The predicted octanol–water partition coefficient (Wildman–Crippen LogP) is 1.78. The minimum absolute atomic E-state index is 0.0958. The first-order valence-electron chi connectivity index (χ1n) is 9.78. The lowest BCUT2D eigenvalue weighted by Crippen LogP contribution is -2.55. The lowest BCUT2D eigenvalue weighted by Gasteiger charge is -2.45. The molecular formula is C20H26N4O4. The molecule has 0 unspecified atom stereocenters.